The predicted octanol–water partition coefficient (Wildman–Crippen LogP) is 2.87. The minimum atomic E-state index is -0.0909. The van der Waals surface area contributed by atoms with E-state index in [4.69, 9.17) is 0 Å². The molecular weight excluding hydrogens is 360 g/mol. The van der Waals surface area contributed by atoms with Crippen molar-refractivity contribution in [3.63, 3.8) is 0 Å². The highest BCUT2D eigenvalue weighted by atomic mass is 32.1. The summed E-state index contributed by atoms with van der Waals surface area (Å²) in [6.07, 6.45) is 8.02. The summed E-state index contributed by atoms with van der Waals surface area (Å²) in [5.41, 5.74) is 2.17. The standard InChI is InChI=1S/C19H20N6OS/c1-14-10-16(19(26)21-5-3-7-24-8-6-20-13-24)17-11-22-25(18(17)23-14)12-15-4-2-9-27-15/h2,4,6,8-11,13H,3,5,7,12H2,1H3,(H,21,26). The maximum Gasteiger partial charge on any atom is 0.252 e. The lowest BCUT2D eigenvalue weighted by atomic mass is 10.1. The van der Waals surface area contributed by atoms with Gasteiger partial charge >= 0.3 is 0 Å². The van der Waals surface area contributed by atoms with E-state index in [0.717, 1.165) is 29.7 Å². The van der Waals surface area contributed by atoms with Crippen LogP contribution < -0.4 is 5.32 Å². The molecule has 4 aromatic rings. The van der Waals surface area contributed by atoms with Gasteiger partial charge in [-0.2, -0.15) is 5.10 Å². The molecule has 0 bridgehead atoms. The molecule has 4 aromatic heterocycles. The van der Waals surface area contributed by atoms with Gasteiger partial charge in [0.25, 0.3) is 5.91 Å². The van der Waals surface area contributed by atoms with Gasteiger partial charge < -0.3 is 9.88 Å². The summed E-state index contributed by atoms with van der Waals surface area (Å²) in [5, 5.41) is 10.3. The number of hydrogen-bond donors (Lipinski definition) is 1. The molecule has 0 aliphatic carbocycles. The fourth-order valence-electron chi connectivity index (χ4n) is 3.00. The van der Waals surface area contributed by atoms with Crippen LogP contribution in [0.2, 0.25) is 0 Å². The van der Waals surface area contributed by atoms with Crippen LogP contribution in [0.25, 0.3) is 11.0 Å². The first-order valence-corrected chi connectivity index (χ1v) is 9.68. The van der Waals surface area contributed by atoms with Crippen molar-refractivity contribution in [2.45, 2.75) is 26.4 Å². The Morgan fingerprint density at radius 1 is 1.37 bits per heavy atom. The maximum atomic E-state index is 12.7. The first-order chi connectivity index (χ1) is 13.2. The Labute approximate surface area is 160 Å². The molecule has 7 nitrogen and oxygen atoms in total. The van der Waals surface area contributed by atoms with E-state index in [1.807, 2.05) is 39.9 Å². The number of nitrogens with one attached hydrogen (secondary N) is 1. The first kappa shape index (κ1) is 17.4. The van der Waals surface area contributed by atoms with E-state index in [-0.39, 0.29) is 5.91 Å². The number of imidazole rings is 1. The summed E-state index contributed by atoms with van der Waals surface area (Å²) in [4.78, 5) is 22.5. The van der Waals surface area contributed by atoms with Crippen molar-refractivity contribution in [3.8, 4) is 0 Å². The molecule has 0 spiro atoms. The van der Waals surface area contributed by atoms with Crippen LogP contribution in [0, 0.1) is 6.92 Å². The molecule has 0 saturated heterocycles. The number of pyridine rings is 1. The van der Waals surface area contributed by atoms with Crippen LogP contribution in [-0.2, 0) is 13.1 Å². The van der Waals surface area contributed by atoms with E-state index in [1.165, 1.54) is 4.88 Å². The molecule has 0 aromatic carbocycles. The van der Waals surface area contributed by atoms with E-state index in [9.17, 15) is 4.79 Å². The van der Waals surface area contributed by atoms with E-state index >= 15 is 0 Å². The summed E-state index contributed by atoms with van der Waals surface area (Å²) in [5.74, 6) is -0.0909. The fourth-order valence-corrected chi connectivity index (χ4v) is 3.69. The average Bonchev–Trinajstić information content (AvgIpc) is 3.41. The second-order valence-electron chi connectivity index (χ2n) is 6.34. The second kappa shape index (κ2) is 7.71. The molecule has 0 aliphatic heterocycles. The molecule has 0 saturated carbocycles. The number of aromatic nitrogens is 5. The molecule has 8 heteroatoms. The number of aryl methyl sites for hydroxylation is 2. The lowest BCUT2D eigenvalue weighted by Gasteiger charge is -2.08. The Morgan fingerprint density at radius 2 is 2.30 bits per heavy atom. The Kier molecular flexibility index (Phi) is 4.97. The number of thiophene rings is 1. The molecule has 4 rings (SSSR count). The summed E-state index contributed by atoms with van der Waals surface area (Å²) >= 11 is 1.68. The molecule has 0 fully saturated rings. The SMILES string of the molecule is Cc1cc(C(=O)NCCCn2ccnc2)c2cnn(Cc3cccs3)c2n1. The molecule has 0 radical (unpaired) electrons. The van der Waals surface area contributed by atoms with E-state index in [2.05, 4.69) is 26.4 Å². The van der Waals surface area contributed by atoms with Crippen LogP contribution in [0.15, 0.2) is 48.5 Å². The minimum Gasteiger partial charge on any atom is -0.352 e. The van der Waals surface area contributed by atoms with Crippen LogP contribution in [0.5, 0.6) is 0 Å². The Hall–Kier alpha value is -3.00. The molecule has 138 valence electrons. The van der Waals surface area contributed by atoms with E-state index in [0.29, 0.717) is 18.7 Å². The van der Waals surface area contributed by atoms with Crippen LogP contribution in [0.1, 0.15) is 27.3 Å². The van der Waals surface area contributed by atoms with Gasteiger partial charge in [0, 0.05) is 36.1 Å². The number of rotatable bonds is 7. The zero-order valence-electron chi connectivity index (χ0n) is 15.0. The quantitative estimate of drug-likeness (QED) is 0.500. The number of hydrogen-bond acceptors (Lipinski definition) is 5. The van der Waals surface area contributed by atoms with E-state index in [1.54, 1.807) is 30.1 Å². The molecule has 1 amide bonds. The Bertz CT molecular complexity index is 1040. The van der Waals surface area contributed by atoms with Crippen LogP contribution in [-0.4, -0.2) is 36.8 Å². The van der Waals surface area contributed by atoms with Crippen molar-refractivity contribution in [2.75, 3.05) is 6.54 Å². The van der Waals surface area contributed by atoms with Gasteiger partial charge in [0.15, 0.2) is 5.65 Å². The van der Waals surface area contributed by atoms with Crippen molar-refractivity contribution in [1.82, 2.24) is 29.6 Å². The summed E-state index contributed by atoms with van der Waals surface area (Å²) in [7, 11) is 0. The van der Waals surface area contributed by atoms with Crippen LogP contribution in [0.4, 0.5) is 0 Å². The lowest BCUT2D eigenvalue weighted by Crippen LogP contribution is -2.25. The number of carbonyl (C=O) groups is 1. The minimum absolute atomic E-state index is 0.0909. The van der Waals surface area contributed by atoms with Crippen molar-refractivity contribution in [3.05, 3.63) is 64.6 Å². The van der Waals surface area contributed by atoms with Gasteiger partial charge in [0.1, 0.15) is 0 Å². The highest BCUT2D eigenvalue weighted by Crippen LogP contribution is 2.20. The van der Waals surface area contributed by atoms with Gasteiger partial charge in [-0.1, -0.05) is 6.07 Å². The van der Waals surface area contributed by atoms with Crippen molar-refractivity contribution in [1.29, 1.82) is 0 Å². The van der Waals surface area contributed by atoms with Gasteiger partial charge in [-0.15, -0.1) is 11.3 Å². The summed E-state index contributed by atoms with van der Waals surface area (Å²) in [6.45, 7) is 3.98. The smallest absolute Gasteiger partial charge is 0.252 e. The zero-order valence-corrected chi connectivity index (χ0v) is 15.8. The molecule has 0 unspecified atom stereocenters. The van der Waals surface area contributed by atoms with Crippen molar-refractivity contribution in [2.24, 2.45) is 0 Å². The number of carbonyl (C=O) groups excluding carboxylic acids is 1. The molecule has 1 N–H and O–H groups in total. The largest absolute Gasteiger partial charge is 0.352 e. The van der Waals surface area contributed by atoms with Gasteiger partial charge in [-0.25, -0.2) is 14.6 Å². The third kappa shape index (κ3) is 3.90. The third-order valence-electron chi connectivity index (χ3n) is 4.31. The molecular formula is C19H20N6OS. The first-order valence-electron chi connectivity index (χ1n) is 8.80. The number of fused-ring (bicyclic) bond motifs is 1. The van der Waals surface area contributed by atoms with Crippen LogP contribution >= 0.6 is 11.3 Å². The number of nitrogens with zero attached hydrogens (tertiary/aromatic N) is 5. The average molecular weight is 380 g/mol. The highest BCUT2D eigenvalue weighted by molar-refractivity contribution is 7.09. The topological polar surface area (TPSA) is 77.6 Å². The highest BCUT2D eigenvalue weighted by Gasteiger charge is 2.15. The molecule has 0 aliphatic rings. The Balaban J connectivity index is 1.49. The Morgan fingerprint density at radius 3 is 3.07 bits per heavy atom. The predicted molar refractivity (Wildman–Crippen MR) is 105 cm³/mol. The monoisotopic (exact) mass is 380 g/mol. The summed E-state index contributed by atoms with van der Waals surface area (Å²) in [6, 6.07) is 5.92. The maximum absolute atomic E-state index is 12.7. The summed E-state index contributed by atoms with van der Waals surface area (Å²) < 4.78 is 3.85. The normalized spacial score (nSPS) is 11.1. The third-order valence-corrected chi connectivity index (χ3v) is 5.17. The molecule has 27 heavy (non-hydrogen) atoms. The zero-order chi connectivity index (χ0) is 18.6. The van der Waals surface area contributed by atoms with Crippen molar-refractivity contribution < 1.29 is 4.79 Å². The van der Waals surface area contributed by atoms with E-state index < -0.39 is 0 Å². The van der Waals surface area contributed by atoms with Crippen LogP contribution in [0.3, 0.4) is 0 Å². The fraction of sp³-hybridized carbons (Fsp3) is 0.263. The van der Waals surface area contributed by atoms with Gasteiger partial charge in [0.2, 0.25) is 0 Å². The lowest BCUT2D eigenvalue weighted by molar-refractivity contribution is 0.0954. The molecule has 4 heterocycles. The second-order valence-corrected chi connectivity index (χ2v) is 7.37. The van der Waals surface area contributed by atoms with Gasteiger partial charge in [-0.3, -0.25) is 4.79 Å². The number of amides is 1. The van der Waals surface area contributed by atoms with Gasteiger partial charge in [0.05, 0.1) is 30.0 Å². The van der Waals surface area contributed by atoms with Gasteiger partial charge in [-0.05, 0) is 30.9 Å². The molecule has 0 atom stereocenters. The van der Waals surface area contributed by atoms with Crippen molar-refractivity contribution >= 4 is 28.3 Å².